The van der Waals surface area contributed by atoms with Gasteiger partial charge < -0.3 is 0 Å². The normalized spacial score (nSPS) is 18.2. The molecule has 0 spiro atoms. The number of ether oxygens (including phenoxy) is 1. The van der Waals surface area contributed by atoms with Crippen molar-refractivity contribution >= 4 is 66.9 Å². The molecule has 0 saturated heterocycles. The van der Waals surface area contributed by atoms with Crippen LogP contribution < -0.4 is 0 Å². The van der Waals surface area contributed by atoms with Crippen LogP contribution in [0.2, 0.25) is 20.4 Å². The fourth-order valence-electron chi connectivity index (χ4n) is 3.49. The number of benzene rings is 3. The summed E-state index contributed by atoms with van der Waals surface area (Å²) in [5, 5.41) is 12.4. The van der Waals surface area contributed by atoms with Crippen LogP contribution in [0.25, 0.3) is 11.1 Å². The summed E-state index contributed by atoms with van der Waals surface area (Å²) >= 11 is 17.9. The molecule has 32 heavy (non-hydrogen) atoms. The zero-order chi connectivity index (χ0) is 22.7. The van der Waals surface area contributed by atoms with E-state index in [1.807, 2.05) is 48.5 Å². The molecule has 0 aromatic heterocycles. The Morgan fingerprint density at radius 3 is 2.03 bits per heavy atom. The quantitative estimate of drug-likeness (QED) is 0.257. The van der Waals surface area contributed by atoms with Gasteiger partial charge in [-0.05, 0) is 0 Å². The number of carbonyl (C=O) groups is 1. The van der Waals surface area contributed by atoms with Crippen LogP contribution in [0, 0.1) is 11.3 Å². The summed E-state index contributed by atoms with van der Waals surface area (Å²) in [5.74, 6) is -0.554. The van der Waals surface area contributed by atoms with Crippen molar-refractivity contribution in [1.29, 1.82) is 5.26 Å². The van der Waals surface area contributed by atoms with Crippen LogP contribution >= 0.6 is 34.8 Å². The average molecular weight is 548 g/mol. The molecule has 7 heteroatoms. The van der Waals surface area contributed by atoms with Crippen LogP contribution in [-0.4, -0.2) is 25.4 Å². The predicted octanol–water partition coefficient (Wildman–Crippen LogP) is 7.16. The second-order valence-electron chi connectivity index (χ2n) is 7.20. The van der Waals surface area contributed by atoms with E-state index in [0.717, 1.165) is 22.3 Å². The molecule has 1 atom stereocenters. The number of esters is 1. The first kappa shape index (κ1) is 22.9. The molecule has 0 aliphatic carbocycles. The molecule has 1 heterocycles. The van der Waals surface area contributed by atoms with E-state index >= 15 is 0 Å². The molecule has 0 fully saturated rings. The summed E-state index contributed by atoms with van der Waals surface area (Å²) in [6.45, 7) is 0. The Hall–Kier alpha value is -2.25. The van der Waals surface area contributed by atoms with Gasteiger partial charge in [-0.3, -0.25) is 0 Å². The first-order valence-electron chi connectivity index (χ1n) is 9.67. The number of hydrogen-bond donors (Lipinski definition) is 0. The standard InChI is InChI=1S/C25H16Cl3NO2Se/c26-19-8-4-16(5-9-19)22-13-25(15-29,31-24(30)18-2-1-3-21(28)12-18)32-14-23(22)17-6-10-20(27)11-7-17/h1-12H,13-14H2. The number of allylic oxidation sites excluding steroid dienone is 1. The molecule has 1 aliphatic heterocycles. The van der Waals surface area contributed by atoms with Crippen molar-refractivity contribution in [2.45, 2.75) is 16.2 Å². The second kappa shape index (κ2) is 9.71. The molecule has 3 nitrogen and oxygen atoms in total. The molecule has 1 unspecified atom stereocenters. The van der Waals surface area contributed by atoms with E-state index in [4.69, 9.17) is 39.5 Å². The Morgan fingerprint density at radius 2 is 1.47 bits per heavy atom. The molecule has 3 aromatic carbocycles. The molecule has 3 aromatic rings. The van der Waals surface area contributed by atoms with Crippen molar-refractivity contribution in [3.8, 4) is 6.07 Å². The minimum atomic E-state index is -1.22. The summed E-state index contributed by atoms with van der Waals surface area (Å²) in [6.07, 6.45) is 0.287. The van der Waals surface area contributed by atoms with Gasteiger partial charge in [0.15, 0.2) is 0 Å². The zero-order valence-corrected chi connectivity index (χ0v) is 20.6. The summed E-state index contributed by atoms with van der Waals surface area (Å²) in [4.78, 5) is 12.8. The summed E-state index contributed by atoms with van der Waals surface area (Å²) in [7, 11) is 0. The summed E-state index contributed by atoms with van der Waals surface area (Å²) in [6, 6.07) is 24.0. The maximum absolute atomic E-state index is 12.8. The van der Waals surface area contributed by atoms with Gasteiger partial charge in [0.25, 0.3) is 0 Å². The van der Waals surface area contributed by atoms with Gasteiger partial charge in [0.2, 0.25) is 0 Å². The van der Waals surface area contributed by atoms with E-state index in [1.54, 1.807) is 24.3 Å². The first-order valence-corrected chi connectivity index (χ1v) is 12.9. The topological polar surface area (TPSA) is 50.1 Å². The Labute approximate surface area is 207 Å². The van der Waals surface area contributed by atoms with Crippen LogP contribution in [0.3, 0.4) is 0 Å². The monoisotopic (exact) mass is 547 g/mol. The third-order valence-electron chi connectivity index (χ3n) is 5.10. The van der Waals surface area contributed by atoms with E-state index < -0.39 is 10.5 Å². The van der Waals surface area contributed by atoms with Crippen molar-refractivity contribution in [1.82, 2.24) is 0 Å². The third-order valence-corrected chi connectivity index (χ3v) is 8.39. The third kappa shape index (κ3) is 5.04. The molecule has 4 rings (SSSR count). The van der Waals surface area contributed by atoms with Crippen molar-refractivity contribution < 1.29 is 9.53 Å². The fourth-order valence-corrected chi connectivity index (χ4v) is 6.37. The van der Waals surface area contributed by atoms with E-state index in [1.165, 1.54) is 0 Å². The van der Waals surface area contributed by atoms with Gasteiger partial charge in [-0.1, -0.05) is 0 Å². The van der Waals surface area contributed by atoms with E-state index in [0.29, 0.717) is 26.0 Å². The average Bonchev–Trinajstić information content (AvgIpc) is 2.80. The number of nitrogens with zero attached hydrogens (tertiary/aromatic N) is 1. The van der Waals surface area contributed by atoms with E-state index in [2.05, 4.69) is 6.07 Å². The number of halogens is 3. The van der Waals surface area contributed by atoms with Gasteiger partial charge >= 0.3 is 209 Å². The van der Waals surface area contributed by atoms with E-state index in [-0.39, 0.29) is 21.4 Å². The Morgan fingerprint density at radius 1 is 0.875 bits per heavy atom. The number of carbonyl (C=O) groups excluding carboxylic acids is 1. The van der Waals surface area contributed by atoms with Crippen molar-refractivity contribution in [3.63, 3.8) is 0 Å². The number of hydrogen-bond acceptors (Lipinski definition) is 3. The number of rotatable bonds is 4. The maximum atomic E-state index is 12.8. The van der Waals surface area contributed by atoms with Crippen LogP contribution in [-0.2, 0) is 4.74 Å². The van der Waals surface area contributed by atoms with Gasteiger partial charge in [0.1, 0.15) is 0 Å². The summed E-state index contributed by atoms with van der Waals surface area (Å²) in [5.41, 5.74) is 4.37. The van der Waals surface area contributed by atoms with Gasteiger partial charge in [0, 0.05) is 0 Å². The SMILES string of the molecule is N#CC1(OC(=O)c2cccc(Cl)c2)CC(c2ccc(Cl)cc2)=C(c2ccc(Cl)cc2)C[Se]1. The fraction of sp³-hybridized carbons (Fsp3) is 0.120. The Bertz CT molecular complexity index is 1230. The predicted molar refractivity (Wildman–Crippen MR) is 130 cm³/mol. The molecule has 160 valence electrons. The molecule has 0 N–H and O–H groups in total. The van der Waals surface area contributed by atoms with Crippen molar-refractivity contribution in [2.24, 2.45) is 0 Å². The molecule has 0 bridgehead atoms. The molecule has 0 radical (unpaired) electrons. The molecular weight excluding hydrogens is 532 g/mol. The van der Waals surface area contributed by atoms with Gasteiger partial charge in [-0.25, -0.2) is 0 Å². The first-order chi connectivity index (χ1) is 15.4. The van der Waals surface area contributed by atoms with Gasteiger partial charge in [-0.15, -0.1) is 0 Å². The zero-order valence-electron chi connectivity index (χ0n) is 16.6. The van der Waals surface area contributed by atoms with Gasteiger partial charge in [0.05, 0.1) is 0 Å². The summed E-state index contributed by atoms with van der Waals surface area (Å²) < 4.78 is 4.61. The Balaban J connectivity index is 1.73. The molecular formula is C25H16Cl3NO2Se. The van der Waals surface area contributed by atoms with Crippen LogP contribution in [0.1, 0.15) is 27.9 Å². The van der Waals surface area contributed by atoms with E-state index in [9.17, 15) is 10.1 Å². The van der Waals surface area contributed by atoms with Crippen molar-refractivity contribution in [3.05, 3.63) is 105 Å². The number of nitriles is 1. The molecule has 0 amide bonds. The van der Waals surface area contributed by atoms with Crippen LogP contribution in [0.4, 0.5) is 0 Å². The Kier molecular flexibility index (Phi) is 6.96. The minimum absolute atomic E-state index is 0.287. The van der Waals surface area contributed by atoms with Crippen molar-refractivity contribution in [2.75, 3.05) is 0 Å². The molecule has 0 saturated carbocycles. The van der Waals surface area contributed by atoms with Crippen LogP contribution in [0.5, 0.6) is 0 Å². The van der Waals surface area contributed by atoms with Gasteiger partial charge in [-0.2, -0.15) is 0 Å². The molecule has 1 aliphatic rings. The van der Waals surface area contributed by atoms with Crippen LogP contribution in [0.15, 0.2) is 72.8 Å². The second-order valence-corrected chi connectivity index (χ2v) is 11.1.